The second kappa shape index (κ2) is 5.28. The summed E-state index contributed by atoms with van der Waals surface area (Å²) in [6.45, 7) is 1.09. The zero-order chi connectivity index (χ0) is 16.0. The lowest BCUT2D eigenvalue weighted by atomic mass is 9.80. The number of pyridine rings is 1. The Morgan fingerprint density at radius 2 is 2.04 bits per heavy atom. The molecule has 0 unspecified atom stereocenters. The highest BCUT2D eigenvalue weighted by atomic mass is 19.1. The Hall–Kier alpha value is -1.98. The van der Waals surface area contributed by atoms with Gasteiger partial charge in [-0.2, -0.15) is 0 Å². The maximum absolute atomic E-state index is 14.5. The van der Waals surface area contributed by atoms with Crippen LogP contribution >= 0.6 is 0 Å². The molecule has 2 saturated heterocycles. The molecule has 3 heterocycles. The van der Waals surface area contributed by atoms with E-state index in [4.69, 9.17) is 0 Å². The lowest BCUT2D eigenvalue weighted by Gasteiger charge is -2.37. The number of rotatable bonds is 3. The van der Waals surface area contributed by atoms with Crippen molar-refractivity contribution in [3.8, 4) is 0 Å². The molecule has 0 N–H and O–H groups in total. The van der Waals surface area contributed by atoms with Crippen molar-refractivity contribution in [3.05, 3.63) is 30.1 Å². The van der Waals surface area contributed by atoms with E-state index < -0.39 is 11.6 Å². The van der Waals surface area contributed by atoms with Gasteiger partial charge in [-0.15, -0.1) is 0 Å². The predicted molar refractivity (Wildman–Crippen MR) is 81.0 cm³/mol. The number of hydrogen-bond acceptors (Lipinski definition) is 3. The molecule has 2 aliphatic heterocycles. The number of halogens is 1. The van der Waals surface area contributed by atoms with Crippen LogP contribution in [-0.2, 0) is 16.1 Å². The predicted octanol–water partition coefficient (Wildman–Crippen LogP) is 1.68. The highest BCUT2D eigenvalue weighted by Gasteiger charge is 2.54. The number of alkyl halides is 1. The Bertz CT molecular complexity index is 632. The van der Waals surface area contributed by atoms with Crippen LogP contribution in [0.5, 0.6) is 0 Å². The van der Waals surface area contributed by atoms with E-state index in [1.807, 2.05) is 17.0 Å². The van der Waals surface area contributed by atoms with Crippen molar-refractivity contribution in [2.75, 3.05) is 6.54 Å². The number of fused-ring (bicyclic) bond motifs is 1. The zero-order valence-electron chi connectivity index (χ0n) is 12.9. The fourth-order valence-corrected chi connectivity index (χ4v) is 4.03. The summed E-state index contributed by atoms with van der Waals surface area (Å²) in [5, 5.41) is 0. The molecule has 0 aromatic carbocycles. The molecule has 5 nitrogen and oxygen atoms in total. The van der Waals surface area contributed by atoms with Crippen LogP contribution in [-0.4, -0.2) is 50.9 Å². The van der Waals surface area contributed by atoms with Crippen molar-refractivity contribution < 1.29 is 14.0 Å². The summed E-state index contributed by atoms with van der Waals surface area (Å²) in [4.78, 5) is 32.3. The SMILES string of the molecule is O=C1C[C@H]2[C@@H](CCN2C(=O)C2(F)CCC2)N1Cc1ccncc1. The number of likely N-dealkylation sites (tertiary alicyclic amines) is 2. The first kappa shape index (κ1) is 14.6. The fourth-order valence-electron chi connectivity index (χ4n) is 4.03. The number of amides is 2. The maximum Gasteiger partial charge on any atom is 0.260 e. The van der Waals surface area contributed by atoms with Crippen LogP contribution in [0.3, 0.4) is 0 Å². The molecule has 1 aliphatic carbocycles. The van der Waals surface area contributed by atoms with Gasteiger partial charge in [0, 0.05) is 31.9 Å². The van der Waals surface area contributed by atoms with Gasteiger partial charge >= 0.3 is 0 Å². The summed E-state index contributed by atoms with van der Waals surface area (Å²) in [5.41, 5.74) is -0.643. The first-order valence-corrected chi connectivity index (χ1v) is 8.27. The zero-order valence-corrected chi connectivity index (χ0v) is 12.9. The van der Waals surface area contributed by atoms with Crippen molar-refractivity contribution >= 4 is 11.8 Å². The normalized spacial score (nSPS) is 28.7. The Morgan fingerprint density at radius 3 is 2.70 bits per heavy atom. The Morgan fingerprint density at radius 1 is 1.30 bits per heavy atom. The molecule has 6 heteroatoms. The molecule has 0 spiro atoms. The topological polar surface area (TPSA) is 53.5 Å². The Kier molecular flexibility index (Phi) is 3.36. The third-order valence-corrected chi connectivity index (χ3v) is 5.51. The molecule has 3 aliphatic rings. The van der Waals surface area contributed by atoms with E-state index in [0.717, 1.165) is 18.4 Å². The van der Waals surface area contributed by atoms with Crippen LogP contribution in [0.1, 0.15) is 37.7 Å². The van der Waals surface area contributed by atoms with E-state index in [0.29, 0.717) is 32.4 Å². The monoisotopic (exact) mass is 317 g/mol. The Labute approximate surface area is 134 Å². The van der Waals surface area contributed by atoms with Crippen molar-refractivity contribution in [2.45, 2.75) is 56.4 Å². The van der Waals surface area contributed by atoms with E-state index in [-0.39, 0.29) is 18.0 Å². The van der Waals surface area contributed by atoms with Crippen LogP contribution in [0.2, 0.25) is 0 Å². The molecule has 23 heavy (non-hydrogen) atoms. The van der Waals surface area contributed by atoms with Gasteiger partial charge in [0.1, 0.15) is 0 Å². The molecule has 4 rings (SSSR count). The summed E-state index contributed by atoms with van der Waals surface area (Å²) < 4.78 is 14.5. The summed E-state index contributed by atoms with van der Waals surface area (Å²) in [5.74, 6) is -0.342. The molecule has 0 radical (unpaired) electrons. The number of nitrogens with zero attached hydrogens (tertiary/aromatic N) is 3. The molecule has 3 fully saturated rings. The van der Waals surface area contributed by atoms with Crippen molar-refractivity contribution in [2.24, 2.45) is 0 Å². The van der Waals surface area contributed by atoms with Crippen LogP contribution in [0.15, 0.2) is 24.5 Å². The van der Waals surface area contributed by atoms with Crippen molar-refractivity contribution in [3.63, 3.8) is 0 Å². The van der Waals surface area contributed by atoms with Gasteiger partial charge in [-0.05, 0) is 43.4 Å². The van der Waals surface area contributed by atoms with Crippen LogP contribution < -0.4 is 0 Å². The summed E-state index contributed by atoms with van der Waals surface area (Å²) >= 11 is 0. The summed E-state index contributed by atoms with van der Waals surface area (Å²) in [6, 6.07) is 3.64. The second-order valence-corrected chi connectivity index (χ2v) is 6.82. The van der Waals surface area contributed by atoms with Crippen molar-refractivity contribution in [1.29, 1.82) is 0 Å². The number of carbonyl (C=O) groups is 2. The van der Waals surface area contributed by atoms with Gasteiger partial charge in [-0.3, -0.25) is 14.6 Å². The highest BCUT2D eigenvalue weighted by molar-refractivity contribution is 5.89. The van der Waals surface area contributed by atoms with E-state index in [1.165, 1.54) is 0 Å². The van der Waals surface area contributed by atoms with E-state index in [2.05, 4.69) is 4.98 Å². The molecule has 1 aromatic rings. The van der Waals surface area contributed by atoms with Crippen LogP contribution in [0, 0.1) is 0 Å². The van der Waals surface area contributed by atoms with Crippen LogP contribution in [0.4, 0.5) is 4.39 Å². The third kappa shape index (κ3) is 2.31. The van der Waals surface area contributed by atoms with Crippen molar-refractivity contribution in [1.82, 2.24) is 14.8 Å². The van der Waals surface area contributed by atoms with Gasteiger partial charge < -0.3 is 9.80 Å². The lowest BCUT2D eigenvalue weighted by molar-refractivity contribution is -0.150. The molecule has 2 amide bonds. The minimum Gasteiger partial charge on any atom is -0.334 e. The minimum atomic E-state index is -1.67. The minimum absolute atomic E-state index is 0.0169. The van der Waals surface area contributed by atoms with Gasteiger partial charge in [-0.25, -0.2) is 4.39 Å². The molecule has 122 valence electrons. The molecule has 1 saturated carbocycles. The number of aromatic nitrogens is 1. The maximum atomic E-state index is 14.5. The molecular weight excluding hydrogens is 297 g/mol. The first-order chi connectivity index (χ1) is 11.1. The molecule has 2 atom stereocenters. The van der Waals surface area contributed by atoms with Gasteiger partial charge in [0.05, 0.1) is 12.1 Å². The molecular formula is C17H20FN3O2. The smallest absolute Gasteiger partial charge is 0.260 e. The van der Waals surface area contributed by atoms with Gasteiger partial charge in [0.2, 0.25) is 5.91 Å². The van der Waals surface area contributed by atoms with E-state index in [9.17, 15) is 14.0 Å². The fraction of sp³-hybridized carbons (Fsp3) is 0.588. The largest absolute Gasteiger partial charge is 0.334 e. The number of carbonyl (C=O) groups excluding carboxylic acids is 2. The first-order valence-electron chi connectivity index (χ1n) is 8.27. The average Bonchev–Trinajstić information content (AvgIpc) is 3.05. The van der Waals surface area contributed by atoms with E-state index in [1.54, 1.807) is 17.3 Å². The van der Waals surface area contributed by atoms with E-state index >= 15 is 0 Å². The summed E-state index contributed by atoms with van der Waals surface area (Å²) in [6.07, 6.45) is 5.91. The second-order valence-electron chi connectivity index (χ2n) is 6.82. The number of hydrogen-bond donors (Lipinski definition) is 0. The molecule has 0 bridgehead atoms. The third-order valence-electron chi connectivity index (χ3n) is 5.51. The van der Waals surface area contributed by atoms with Gasteiger partial charge in [0.25, 0.3) is 5.91 Å². The van der Waals surface area contributed by atoms with Gasteiger partial charge in [0.15, 0.2) is 5.67 Å². The highest BCUT2D eigenvalue weighted by Crippen LogP contribution is 2.41. The summed E-state index contributed by atoms with van der Waals surface area (Å²) in [7, 11) is 0. The Balaban J connectivity index is 1.50. The lowest BCUT2D eigenvalue weighted by Crippen LogP contribution is -2.52. The van der Waals surface area contributed by atoms with Crippen LogP contribution in [0.25, 0.3) is 0 Å². The standard InChI is InChI=1S/C17H20FN3O2/c18-17(5-1-6-17)16(23)20-9-4-13-14(20)10-15(22)21(13)11-12-2-7-19-8-3-12/h2-3,7-8,13-14H,1,4-6,9-11H2/t13-,14+/m1/s1. The average molecular weight is 317 g/mol. The molecule has 1 aromatic heterocycles. The quantitative estimate of drug-likeness (QED) is 0.852. The van der Waals surface area contributed by atoms with Gasteiger partial charge in [-0.1, -0.05) is 0 Å².